The molecule has 0 spiro atoms. The number of rotatable bonds is 3. The first-order chi connectivity index (χ1) is 7.68. The van der Waals surface area contributed by atoms with Gasteiger partial charge in [0.2, 0.25) is 6.43 Å². The largest absolute Gasteiger partial charge is 0.508 e. The summed E-state index contributed by atoms with van der Waals surface area (Å²) in [4.78, 5) is 0. The number of phenolic OH excluding ortho intramolecular Hbond substituents is 1. The molecule has 0 bridgehead atoms. The van der Waals surface area contributed by atoms with E-state index in [1.807, 2.05) is 0 Å². The summed E-state index contributed by atoms with van der Waals surface area (Å²) in [6.45, 7) is 0. The van der Waals surface area contributed by atoms with Gasteiger partial charge in [0, 0.05) is 5.92 Å². The monoisotopic (exact) mass is 226 g/mol. The number of alkyl halides is 2. The smallest absolute Gasteiger partial charge is 0.245 e. The van der Waals surface area contributed by atoms with Gasteiger partial charge < -0.3 is 5.11 Å². The first-order valence-corrected chi connectivity index (χ1v) is 5.75. The molecule has 0 radical (unpaired) electrons. The molecule has 1 N–H and O–H groups in total. The summed E-state index contributed by atoms with van der Waals surface area (Å²) in [5.74, 6) is -0.572. The van der Waals surface area contributed by atoms with Gasteiger partial charge in [-0.1, -0.05) is 25.0 Å². The van der Waals surface area contributed by atoms with E-state index in [1.54, 1.807) is 12.1 Å². The average molecular weight is 226 g/mol. The molecule has 88 valence electrons. The maximum atomic E-state index is 13.1. The Hall–Kier alpha value is -1.12. The Labute approximate surface area is 94.1 Å². The van der Waals surface area contributed by atoms with Crippen LogP contribution in [0, 0.1) is 5.92 Å². The second kappa shape index (κ2) is 4.81. The molecule has 0 saturated heterocycles. The predicted molar refractivity (Wildman–Crippen MR) is 58.8 cm³/mol. The molecular weight excluding hydrogens is 210 g/mol. The van der Waals surface area contributed by atoms with Crippen molar-refractivity contribution in [3.05, 3.63) is 29.8 Å². The van der Waals surface area contributed by atoms with Crippen molar-refractivity contribution < 1.29 is 13.9 Å². The molecule has 1 nitrogen and oxygen atoms in total. The number of halogens is 2. The zero-order valence-electron chi connectivity index (χ0n) is 9.07. The third-order valence-corrected chi connectivity index (χ3v) is 3.43. The third kappa shape index (κ3) is 2.34. The second-order valence-corrected chi connectivity index (χ2v) is 4.50. The minimum absolute atomic E-state index is 0.0705. The quantitative estimate of drug-likeness (QED) is 0.827. The molecule has 0 amide bonds. The van der Waals surface area contributed by atoms with Crippen molar-refractivity contribution in [2.24, 2.45) is 5.92 Å². The molecule has 0 aromatic heterocycles. The zero-order chi connectivity index (χ0) is 11.5. The normalized spacial score (nSPS) is 19.2. The Morgan fingerprint density at radius 3 is 2.44 bits per heavy atom. The predicted octanol–water partition coefficient (Wildman–Crippen LogP) is 3.93. The molecule has 0 heterocycles. The molecule has 1 fully saturated rings. The summed E-state index contributed by atoms with van der Waals surface area (Å²) in [6, 6.07) is 6.31. The number of phenols is 1. The van der Waals surface area contributed by atoms with Crippen LogP contribution in [-0.2, 0) is 0 Å². The summed E-state index contributed by atoms with van der Waals surface area (Å²) < 4.78 is 26.2. The van der Waals surface area contributed by atoms with E-state index in [9.17, 15) is 13.9 Å². The summed E-state index contributed by atoms with van der Waals surface area (Å²) in [5, 5.41) is 9.34. The molecule has 1 aliphatic carbocycles. The second-order valence-electron chi connectivity index (χ2n) is 4.50. The van der Waals surface area contributed by atoms with Crippen LogP contribution in [0.1, 0.15) is 37.2 Å². The van der Waals surface area contributed by atoms with E-state index < -0.39 is 12.3 Å². The van der Waals surface area contributed by atoms with Crippen LogP contribution in [0.4, 0.5) is 8.78 Å². The van der Waals surface area contributed by atoms with Crippen LogP contribution in [0.15, 0.2) is 24.3 Å². The van der Waals surface area contributed by atoms with Gasteiger partial charge in [-0.2, -0.15) is 0 Å². The fraction of sp³-hybridized carbons (Fsp3) is 0.538. The van der Waals surface area contributed by atoms with Gasteiger partial charge in [-0.3, -0.25) is 0 Å². The van der Waals surface area contributed by atoms with Gasteiger partial charge in [0.25, 0.3) is 0 Å². The van der Waals surface area contributed by atoms with Crippen molar-refractivity contribution in [1.82, 2.24) is 0 Å². The first-order valence-electron chi connectivity index (χ1n) is 5.75. The Morgan fingerprint density at radius 1 is 1.19 bits per heavy atom. The Bertz CT molecular complexity index is 346. The molecule has 16 heavy (non-hydrogen) atoms. The van der Waals surface area contributed by atoms with Crippen LogP contribution >= 0.6 is 0 Å². The number of hydrogen-bond acceptors (Lipinski definition) is 1. The van der Waals surface area contributed by atoms with Gasteiger partial charge in [0.15, 0.2) is 0 Å². The highest BCUT2D eigenvalue weighted by Gasteiger charge is 2.33. The van der Waals surface area contributed by atoms with E-state index in [0.29, 0.717) is 5.56 Å². The van der Waals surface area contributed by atoms with E-state index in [2.05, 4.69) is 0 Å². The number of aromatic hydroxyl groups is 1. The van der Waals surface area contributed by atoms with Crippen molar-refractivity contribution in [3.63, 3.8) is 0 Å². The van der Waals surface area contributed by atoms with Crippen molar-refractivity contribution in [1.29, 1.82) is 0 Å². The SMILES string of the molecule is Oc1cccc(C(C(F)F)C2CCCC2)c1. The third-order valence-electron chi connectivity index (χ3n) is 3.43. The van der Waals surface area contributed by atoms with Crippen LogP contribution in [0.5, 0.6) is 5.75 Å². The Kier molecular flexibility index (Phi) is 3.42. The van der Waals surface area contributed by atoms with Crippen LogP contribution in [0.2, 0.25) is 0 Å². The molecule has 1 saturated carbocycles. The number of hydrogen-bond donors (Lipinski definition) is 1. The van der Waals surface area contributed by atoms with Crippen molar-refractivity contribution in [2.45, 2.75) is 38.0 Å². The minimum Gasteiger partial charge on any atom is -0.508 e. The summed E-state index contributed by atoms with van der Waals surface area (Å²) >= 11 is 0. The van der Waals surface area contributed by atoms with E-state index in [1.165, 1.54) is 12.1 Å². The molecular formula is C13H16F2O. The van der Waals surface area contributed by atoms with Crippen LogP contribution < -0.4 is 0 Å². The van der Waals surface area contributed by atoms with Crippen LogP contribution in [0.3, 0.4) is 0 Å². The maximum Gasteiger partial charge on any atom is 0.245 e. The highest BCUT2D eigenvalue weighted by Crippen LogP contribution is 2.41. The Balaban J connectivity index is 2.24. The van der Waals surface area contributed by atoms with Gasteiger partial charge in [-0.05, 0) is 36.5 Å². The van der Waals surface area contributed by atoms with E-state index in [-0.39, 0.29) is 11.7 Å². The lowest BCUT2D eigenvalue weighted by Gasteiger charge is -2.23. The van der Waals surface area contributed by atoms with Gasteiger partial charge in [-0.15, -0.1) is 0 Å². The highest BCUT2D eigenvalue weighted by molar-refractivity contribution is 5.30. The molecule has 1 aliphatic rings. The fourth-order valence-electron chi connectivity index (χ4n) is 2.67. The lowest BCUT2D eigenvalue weighted by atomic mass is 9.85. The molecule has 3 heteroatoms. The van der Waals surface area contributed by atoms with Gasteiger partial charge in [-0.25, -0.2) is 8.78 Å². The van der Waals surface area contributed by atoms with E-state index in [0.717, 1.165) is 25.7 Å². The van der Waals surface area contributed by atoms with Crippen molar-refractivity contribution >= 4 is 0 Å². The average Bonchev–Trinajstić information content (AvgIpc) is 2.71. The minimum atomic E-state index is -2.34. The van der Waals surface area contributed by atoms with Gasteiger partial charge >= 0.3 is 0 Å². The molecule has 2 rings (SSSR count). The topological polar surface area (TPSA) is 20.2 Å². The van der Waals surface area contributed by atoms with Crippen molar-refractivity contribution in [3.8, 4) is 5.75 Å². The summed E-state index contributed by atoms with van der Waals surface area (Å²) in [5.41, 5.74) is 0.571. The lowest BCUT2D eigenvalue weighted by molar-refractivity contribution is 0.0867. The van der Waals surface area contributed by atoms with Gasteiger partial charge in [0.1, 0.15) is 5.75 Å². The van der Waals surface area contributed by atoms with E-state index in [4.69, 9.17) is 0 Å². The summed E-state index contributed by atoms with van der Waals surface area (Å²) in [6.07, 6.45) is 1.51. The fourth-order valence-corrected chi connectivity index (χ4v) is 2.67. The van der Waals surface area contributed by atoms with Crippen LogP contribution in [0.25, 0.3) is 0 Å². The molecule has 1 aromatic rings. The van der Waals surface area contributed by atoms with E-state index >= 15 is 0 Å². The molecule has 1 atom stereocenters. The Morgan fingerprint density at radius 2 is 1.88 bits per heavy atom. The highest BCUT2D eigenvalue weighted by atomic mass is 19.3. The maximum absolute atomic E-state index is 13.1. The summed E-state index contributed by atoms with van der Waals surface area (Å²) in [7, 11) is 0. The number of benzene rings is 1. The van der Waals surface area contributed by atoms with Crippen molar-refractivity contribution in [2.75, 3.05) is 0 Å². The first kappa shape index (κ1) is 11.4. The standard InChI is InChI=1S/C13H16F2O/c14-13(15)12(9-4-1-2-5-9)10-6-3-7-11(16)8-10/h3,6-9,12-13,16H,1-2,4-5H2. The zero-order valence-corrected chi connectivity index (χ0v) is 9.07. The van der Waals surface area contributed by atoms with Gasteiger partial charge in [0.05, 0.1) is 0 Å². The molecule has 0 aliphatic heterocycles. The van der Waals surface area contributed by atoms with Crippen LogP contribution in [-0.4, -0.2) is 11.5 Å². The molecule has 1 unspecified atom stereocenters. The lowest BCUT2D eigenvalue weighted by Crippen LogP contribution is -2.17. The molecule has 1 aromatic carbocycles.